The molecular weight excluding hydrogens is 464 g/mol. The van der Waals surface area contributed by atoms with Crippen molar-refractivity contribution in [1.82, 2.24) is 9.55 Å². The highest BCUT2D eigenvalue weighted by Crippen LogP contribution is 2.24. The molecule has 1 N–H and O–H groups in total. The lowest BCUT2D eigenvalue weighted by Crippen LogP contribution is -2.23. The van der Waals surface area contributed by atoms with Crippen molar-refractivity contribution in [3.8, 4) is 5.69 Å². The maximum Gasteiger partial charge on any atom is 0.337 e. The molecule has 0 bridgehead atoms. The summed E-state index contributed by atoms with van der Waals surface area (Å²) in [5, 5.41) is 2.97. The molecule has 1 aromatic heterocycles. The Hall–Kier alpha value is -4.05. The molecule has 0 unspecified atom stereocenters. The summed E-state index contributed by atoms with van der Waals surface area (Å²) < 4.78 is 33.7. The molecule has 172 valence electrons. The van der Waals surface area contributed by atoms with Crippen molar-refractivity contribution < 1.29 is 23.1 Å². The summed E-state index contributed by atoms with van der Waals surface area (Å²) >= 11 is 0.914. The number of amides is 1. The van der Waals surface area contributed by atoms with E-state index in [1.54, 1.807) is 42.5 Å². The molecule has 4 rings (SSSR count). The van der Waals surface area contributed by atoms with Gasteiger partial charge < -0.3 is 10.1 Å². The molecular formula is C24H17F2N3O4S. The summed E-state index contributed by atoms with van der Waals surface area (Å²) in [6.07, 6.45) is 0. The van der Waals surface area contributed by atoms with Crippen molar-refractivity contribution in [3.63, 3.8) is 0 Å². The number of carbonyl (C=O) groups is 2. The summed E-state index contributed by atoms with van der Waals surface area (Å²) in [6.45, 7) is 0. The normalized spacial score (nSPS) is 10.8. The lowest BCUT2D eigenvalue weighted by molar-refractivity contribution is -0.113. The van der Waals surface area contributed by atoms with E-state index < -0.39 is 29.1 Å². The van der Waals surface area contributed by atoms with Gasteiger partial charge in [0.2, 0.25) is 5.91 Å². The first-order valence-corrected chi connectivity index (χ1v) is 10.9. The second-order valence-corrected chi connectivity index (χ2v) is 8.00. The van der Waals surface area contributed by atoms with Crippen LogP contribution >= 0.6 is 11.8 Å². The first kappa shape index (κ1) is 23.1. The number of rotatable bonds is 6. The zero-order valence-corrected chi connectivity index (χ0v) is 18.6. The first-order valence-electron chi connectivity index (χ1n) is 9.95. The third-order valence-electron chi connectivity index (χ3n) is 4.80. The zero-order chi connectivity index (χ0) is 24.2. The van der Waals surface area contributed by atoms with Gasteiger partial charge in [0, 0.05) is 11.8 Å². The molecule has 0 saturated carbocycles. The van der Waals surface area contributed by atoms with Gasteiger partial charge in [-0.15, -0.1) is 0 Å². The Bertz CT molecular complexity index is 1470. The minimum absolute atomic E-state index is 0.0627. The van der Waals surface area contributed by atoms with Gasteiger partial charge in [0.15, 0.2) is 5.16 Å². The number of benzene rings is 3. The minimum Gasteiger partial charge on any atom is -0.465 e. The highest BCUT2D eigenvalue weighted by atomic mass is 32.2. The number of nitrogens with zero attached hydrogens (tertiary/aromatic N) is 2. The Morgan fingerprint density at radius 2 is 1.85 bits per heavy atom. The monoisotopic (exact) mass is 481 g/mol. The molecule has 1 heterocycles. The van der Waals surface area contributed by atoms with Crippen LogP contribution < -0.4 is 10.9 Å². The second kappa shape index (κ2) is 9.84. The fraction of sp³-hybridized carbons (Fsp3) is 0.0833. The van der Waals surface area contributed by atoms with Gasteiger partial charge >= 0.3 is 5.97 Å². The molecule has 3 aromatic carbocycles. The molecule has 4 aromatic rings. The van der Waals surface area contributed by atoms with Crippen molar-refractivity contribution in [3.05, 3.63) is 94.3 Å². The molecule has 7 nitrogen and oxygen atoms in total. The molecule has 0 saturated heterocycles. The molecule has 0 aliphatic carbocycles. The van der Waals surface area contributed by atoms with Crippen LogP contribution in [-0.2, 0) is 9.53 Å². The quantitative estimate of drug-likeness (QED) is 0.252. The molecule has 0 fully saturated rings. The third kappa shape index (κ3) is 4.81. The number of halogens is 2. The van der Waals surface area contributed by atoms with Gasteiger partial charge in [-0.05, 0) is 42.5 Å². The van der Waals surface area contributed by atoms with E-state index >= 15 is 0 Å². The van der Waals surface area contributed by atoms with Gasteiger partial charge in [-0.3, -0.25) is 14.2 Å². The van der Waals surface area contributed by atoms with Gasteiger partial charge in [-0.25, -0.2) is 18.6 Å². The van der Waals surface area contributed by atoms with E-state index in [9.17, 15) is 23.2 Å². The molecule has 10 heteroatoms. The topological polar surface area (TPSA) is 90.3 Å². The van der Waals surface area contributed by atoms with Crippen LogP contribution in [0.2, 0.25) is 0 Å². The number of methoxy groups -OCH3 is 1. The smallest absolute Gasteiger partial charge is 0.337 e. The highest BCUT2D eigenvalue weighted by molar-refractivity contribution is 7.99. The number of nitrogens with one attached hydrogen (secondary N) is 1. The number of ether oxygens (including phenoxy) is 1. The molecule has 1 amide bonds. The third-order valence-corrected chi connectivity index (χ3v) is 5.73. The molecule has 34 heavy (non-hydrogen) atoms. The Labute approximate surface area is 196 Å². The zero-order valence-electron chi connectivity index (χ0n) is 17.7. The maximum absolute atomic E-state index is 14.6. The van der Waals surface area contributed by atoms with Crippen LogP contribution in [0.3, 0.4) is 0 Å². The van der Waals surface area contributed by atoms with Gasteiger partial charge in [-0.2, -0.15) is 0 Å². The average Bonchev–Trinajstić information content (AvgIpc) is 2.83. The van der Waals surface area contributed by atoms with Crippen LogP contribution in [-0.4, -0.2) is 34.3 Å². The van der Waals surface area contributed by atoms with Gasteiger partial charge in [0.25, 0.3) is 5.56 Å². The lowest BCUT2D eigenvalue weighted by Gasteiger charge is -2.14. The predicted octanol–water partition coefficient (Wildman–Crippen LogP) is 4.18. The van der Waals surface area contributed by atoms with E-state index in [0.717, 1.165) is 28.5 Å². The van der Waals surface area contributed by atoms with E-state index in [1.165, 1.54) is 13.2 Å². The Balaban J connectivity index is 1.65. The SMILES string of the molecule is COC(=O)c1cccc(NC(=O)CSc2nc3ccccc3c(=O)n2-c2ccc(F)cc2F)c1. The fourth-order valence-electron chi connectivity index (χ4n) is 3.25. The number of esters is 1. The average molecular weight is 481 g/mol. The van der Waals surface area contributed by atoms with Crippen LogP contribution in [0.1, 0.15) is 10.4 Å². The van der Waals surface area contributed by atoms with Crippen LogP contribution in [0, 0.1) is 11.6 Å². The number of hydrogen-bond acceptors (Lipinski definition) is 6. The molecule has 0 aliphatic rings. The standard InChI is InChI=1S/C24H17F2N3O4S/c1-33-23(32)14-5-4-6-16(11-14)27-21(30)13-34-24-28-19-8-3-2-7-17(19)22(31)29(24)20-10-9-15(25)12-18(20)26/h2-12H,13H2,1H3,(H,27,30). The van der Waals surface area contributed by atoms with Crippen molar-refractivity contribution in [2.75, 3.05) is 18.2 Å². The second-order valence-electron chi connectivity index (χ2n) is 7.06. The fourth-order valence-corrected chi connectivity index (χ4v) is 4.06. The summed E-state index contributed by atoms with van der Waals surface area (Å²) in [6, 6.07) is 15.6. The summed E-state index contributed by atoms with van der Waals surface area (Å²) in [5.41, 5.74) is 0.287. The van der Waals surface area contributed by atoms with E-state index in [-0.39, 0.29) is 27.5 Å². The minimum atomic E-state index is -0.940. The van der Waals surface area contributed by atoms with Gasteiger partial charge in [-0.1, -0.05) is 30.0 Å². The van der Waals surface area contributed by atoms with Crippen LogP contribution in [0.15, 0.2) is 76.7 Å². The number of carbonyl (C=O) groups excluding carboxylic acids is 2. The summed E-state index contributed by atoms with van der Waals surface area (Å²) in [5.74, 6) is -2.89. The highest BCUT2D eigenvalue weighted by Gasteiger charge is 2.18. The first-order chi connectivity index (χ1) is 16.4. The van der Waals surface area contributed by atoms with E-state index in [0.29, 0.717) is 17.3 Å². The number of thioether (sulfide) groups is 1. The van der Waals surface area contributed by atoms with Crippen molar-refractivity contribution >= 4 is 40.2 Å². The van der Waals surface area contributed by atoms with E-state index in [1.807, 2.05) is 0 Å². The lowest BCUT2D eigenvalue weighted by atomic mass is 10.2. The molecule has 0 aliphatic heterocycles. The largest absolute Gasteiger partial charge is 0.465 e. The van der Waals surface area contributed by atoms with Crippen LogP contribution in [0.4, 0.5) is 14.5 Å². The van der Waals surface area contributed by atoms with Crippen LogP contribution in [0.25, 0.3) is 16.6 Å². The van der Waals surface area contributed by atoms with Gasteiger partial charge in [0.05, 0.1) is 35.0 Å². The number of aromatic nitrogens is 2. The molecule has 0 spiro atoms. The number of para-hydroxylation sites is 1. The van der Waals surface area contributed by atoms with E-state index in [2.05, 4.69) is 15.0 Å². The molecule has 0 radical (unpaired) electrons. The number of anilines is 1. The van der Waals surface area contributed by atoms with Crippen molar-refractivity contribution in [2.45, 2.75) is 5.16 Å². The van der Waals surface area contributed by atoms with Crippen LogP contribution in [0.5, 0.6) is 0 Å². The Kier molecular flexibility index (Phi) is 6.69. The predicted molar refractivity (Wildman–Crippen MR) is 124 cm³/mol. The summed E-state index contributed by atoms with van der Waals surface area (Å²) in [7, 11) is 1.25. The Morgan fingerprint density at radius 3 is 2.62 bits per heavy atom. The van der Waals surface area contributed by atoms with E-state index in [4.69, 9.17) is 0 Å². The molecule has 0 atom stereocenters. The number of hydrogen-bond donors (Lipinski definition) is 1. The van der Waals surface area contributed by atoms with Crippen molar-refractivity contribution in [1.29, 1.82) is 0 Å². The maximum atomic E-state index is 14.6. The summed E-state index contributed by atoms with van der Waals surface area (Å²) in [4.78, 5) is 41.8. The number of fused-ring (bicyclic) bond motifs is 1. The van der Waals surface area contributed by atoms with Crippen molar-refractivity contribution in [2.24, 2.45) is 0 Å². The van der Waals surface area contributed by atoms with Gasteiger partial charge in [0.1, 0.15) is 11.6 Å². The Morgan fingerprint density at radius 1 is 1.06 bits per heavy atom.